The normalized spacial score (nSPS) is 27.0. The largest absolute Gasteiger partial charge is 0.370 e. The Bertz CT molecular complexity index is 127. The third kappa shape index (κ3) is 2.38. The first kappa shape index (κ1) is 9.86. The van der Waals surface area contributed by atoms with Gasteiger partial charge in [-0.2, -0.15) is 0 Å². The molecule has 12 heavy (non-hydrogen) atoms. The zero-order valence-corrected chi connectivity index (χ0v) is 7.46. The van der Waals surface area contributed by atoms with E-state index in [0.717, 1.165) is 6.54 Å². The van der Waals surface area contributed by atoms with Gasteiger partial charge < -0.3 is 4.74 Å². The van der Waals surface area contributed by atoms with Crippen molar-refractivity contribution in [2.75, 3.05) is 19.7 Å². The summed E-state index contributed by atoms with van der Waals surface area (Å²) in [6.07, 6.45) is -3.24. The van der Waals surface area contributed by atoms with Crippen LogP contribution < -0.4 is 0 Å². The van der Waals surface area contributed by atoms with Crippen LogP contribution in [0.3, 0.4) is 0 Å². The lowest BCUT2D eigenvalue weighted by atomic mass is 10.2. The van der Waals surface area contributed by atoms with E-state index in [1.807, 2.05) is 18.7 Å². The molecule has 0 N–H and O–H groups in total. The summed E-state index contributed by atoms with van der Waals surface area (Å²) in [6, 6.07) is 0.329. The van der Waals surface area contributed by atoms with E-state index in [-0.39, 0.29) is 0 Å². The zero-order valence-electron chi connectivity index (χ0n) is 7.46. The van der Waals surface area contributed by atoms with E-state index < -0.39 is 12.5 Å². The first-order chi connectivity index (χ1) is 5.61. The number of ether oxygens (including phenoxy) is 1. The third-order valence-corrected chi connectivity index (χ3v) is 2.14. The molecule has 1 atom stereocenters. The number of morpholine rings is 1. The second-order valence-corrected chi connectivity index (χ2v) is 3.33. The van der Waals surface area contributed by atoms with Gasteiger partial charge in [0, 0.05) is 19.1 Å². The molecular formula is C8H15F2NO. The molecule has 0 saturated carbocycles. The number of nitrogens with zero attached hydrogens (tertiary/aromatic N) is 1. The predicted molar refractivity (Wildman–Crippen MR) is 42.5 cm³/mol. The summed E-state index contributed by atoms with van der Waals surface area (Å²) >= 11 is 0. The fourth-order valence-electron chi connectivity index (χ4n) is 1.32. The van der Waals surface area contributed by atoms with Gasteiger partial charge in [-0.3, -0.25) is 4.90 Å². The summed E-state index contributed by atoms with van der Waals surface area (Å²) in [6.45, 7) is 5.56. The van der Waals surface area contributed by atoms with Crippen molar-refractivity contribution in [1.82, 2.24) is 4.90 Å². The minimum absolute atomic E-state index is 0.329. The van der Waals surface area contributed by atoms with Crippen molar-refractivity contribution in [3.05, 3.63) is 0 Å². The molecule has 0 radical (unpaired) electrons. The van der Waals surface area contributed by atoms with Gasteiger partial charge in [-0.1, -0.05) is 0 Å². The highest BCUT2D eigenvalue weighted by molar-refractivity contribution is 4.75. The molecule has 0 bridgehead atoms. The maximum absolute atomic E-state index is 12.2. The second kappa shape index (κ2) is 4.14. The van der Waals surface area contributed by atoms with E-state index in [1.165, 1.54) is 0 Å². The van der Waals surface area contributed by atoms with E-state index in [0.29, 0.717) is 19.2 Å². The highest BCUT2D eigenvalue weighted by Crippen LogP contribution is 2.14. The minimum atomic E-state index is -2.36. The molecule has 1 rings (SSSR count). The third-order valence-electron chi connectivity index (χ3n) is 2.14. The van der Waals surface area contributed by atoms with Gasteiger partial charge in [0.25, 0.3) is 6.43 Å². The van der Waals surface area contributed by atoms with Crippen LogP contribution in [0.25, 0.3) is 0 Å². The molecule has 1 fully saturated rings. The zero-order chi connectivity index (χ0) is 9.14. The SMILES string of the molecule is CC(C)N1CCO[C@H](C(F)F)C1. The Morgan fingerprint density at radius 1 is 1.42 bits per heavy atom. The molecule has 0 aromatic heterocycles. The monoisotopic (exact) mass is 179 g/mol. The van der Waals surface area contributed by atoms with Crippen molar-refractivity contribution in [1.29, 1.82) is 0 Å². The molecule has 1 aliphatic rings. The highest BCUT2D eigenvalue weighted by atomic mass is 19.3. The predicted octanol–water partition coefficient (Wildman–Crippen LogP) is 1.36. The first-order valence-corrected chi connectivity index (χ1v) is 4.25. The Hall–Kier alpha value is -0.220. The van der Waals surface area contributed by atoms with Gasteiger partial charge in [-0.25, -0.2) is 8.78 Å². The Kier molecular flexibility index (Phi) is 3.40. The maximum atomic E-state index is 12.2. The number of hydrogen-bond donors (Lipinski definition) is 0. The summed E-state index contributed by atoms with van der Waals surface area (Å²) in [4.78, 5) is 2.01. The van der Waals surface area contributed by atoms with Crippen LogP contribution in [0.1, 0.15) is 13.8 Å². The van der Waals surface area contributed by atoms with Gasteiger partial charge in [0.1, 0.15) is 6.10 Å². The molecule has 2 nitrogen and oxygen atoms in total. The molecule has 0 aliphatic carbocycles. The summed E-state index contributed by atoms with van der Waals surface area (Å²) in [7, 11) is 0. The van der Waals surface area contributed by atoms with Gasteiger partial charge in [-0.05, 0) is 13.8 Å². The average Bonchev–Trinajstić information content (AvgIpc) is 2.04. The topological polar surface area (TPSA) is 12.5 Å². The first-order valence-electron chi connectivity index (χ1n) is 4.25. The lowest BCUT2D eigenvalue weighted by Crippen LogP contribution is -2.48. The molecule has 0 aromatic carbocycles. The molecule has 0 aromatic rings. The van der Waals surface area contributed by atoms with E-state index in [4.69, 9.17) is 4.74 Å². The van der Waals surface area contributed by atoms with Crippen molar-refractivity contribution in [3.63, 3.8) is 0 Å². The standard InChI is InChI=1S/C8H15F2NO/c1-6(2)11-3-4-12-7(5-11)8(9)10/h6-8H,3-5H2,1-2H3/t7-/m0/s1. The van der Waals surface area contributed by atoms with Crippen LogP contribution in [-0.2, 0) is 4.74 Å². The minimum Gasteiger partial charge on any atom is -0.370 e. The van der Waals surface area contributed by atoms with Crippen molar-refractivity contribution < 1.29 is 13.5 Å². The lowest BCUT2D eigenvalue weighted by molar-refractivity contribution is -0.107. The van der Waals surface area contributed by atoms with Gasteiger partial charge in [0.2, 0.25) is 0 Å². The van der Waals surface area contributed by atoms with Crippen molar-refractivity contribution >= 4 is 0 Å². The van der Waals surface area contributed by atoms with E-state index in [2.05, 4.69) is 0 Å². The fraction of sp³-hybridized carbons (Fsp3) is 1.00. The summed E-state index contributed by atoms with van der Waals surface area (Å²) in [5.74, 6) is 0. The van der Waals surface area contributed by atoms with Crippen molar-refractivity contribution in [2.45, 2.75) is 32.4 Å². The lowest BCUT2D eigenvalue weighted by Gasteiger charge is -2.34. The van der Waals surface area contributed by atoms with Gasteiger partial charge in [0.05, 0.1) is 6.61 Å². The van der Waals surface area contributed by atoms with Crippen LogP contribution in [0, 0.1) is 0 Å². The average molecular weight is 179 g/mol. The van der Waals surface area contributed by atoms with Crippen LogP contribution in [0.5, 0.6) is 0 Å². The number of hydrogen-bond acceptors (Lipinski definition) is 2. The number of alkyl halides is 2. The van der Waals surface area contributed by atoms with Gasteiger partial charge in [0.15, 0.2) is 0 Å². The van der Waals surface area contributed by atoms with Crippen LogP contribution >= 0.6 is 0 Å². The quantitative estimate of drug-likeness (QED) is 0.634. The molecule has 72 valence electrons. The van der Waals surface area contributed by atoms with Gasteiger partial charge in [-0.15, -0.1) is 0 Å². The Labute approximate surface area is 71.5 Å². The molecule has 0 spiro atoms. The molecule has 1 aliphatic heterocycles. The molecule has 0 unspecified atom stereocenters. The second-order valence-electron chi connectivity index (χ2n) is 3.33. The number of rotatable bonds is 2. The highest BCUT2D eigenvalue weighted by Gasteiger charge is 2.28. The van der Waals surface area contributed by atoms with Crippen LogP contribution in [0.4, 0.5) is 8.78 Å². The number of halogens is 2. The fourth-order valence-corrected chi connectivity index (χ4v) is 1.32. The molecule has 1 heterocycles. The van der Waals surface area contributed by atoms with Gasteiger partial charge >= 0.3 is 0 Å². The molecule has 4 heteroatoms. The summed E-state index contributed by atoms with van der Waals surface area (Å²) in [5, 5.41) is 0. The summed E-state index contributed by atoms with van der Waals surface area (Å²) < 4.78 is 29.3. The molecular weight excluding hydrogens is 164 g/mol. The van der Waals surface area contributed by atoms with E-state index in [9.17, 15) is 8.78 Å². The van der Waals surface area contributed by atoms with E-state index in [1.54, 1.807) is 0 Å². The molecule has 0 amide bonds. The summed E-state index contributed by atoms with van der Waals surface area (Å²) in [5.41, 5.74) is 0. The van der Waals surface area contributed by atoms with Crippen LogP contribution in [0.15, 0.2) is 0 Å². The van der Waals surface area contributed by atoms with Crippen LogP contribution in [-0.4, -0.2) is 43.2 Å². The Balaban J connectivity index is 2.40. The van der Waals surface area contributed by atoms with Crippen LogP contribution in [0.2, 0.25) is 0 Å². The Morgan fingerprint density at radius 2 is 2.08 bits per heavy atom. The molecule has 1 saturated heterocycles. The smallest absolute Gasteiger partial charge is 0.265 e. The van der Waals surface area contributed by atoms with Crippen molar-refractivity contribution in [3.8, 4) is 0 Å². The maximum Gasteiger partial charge on any atom is 0.265 e. The van der Waals surface area contributed by atoms with Crippen molar-refractivity contribution in [2.24, 2.45) is 0 Å². The van der Waals surface area contributed by atoms with E-state index >= 15 is 0 Å². The Morgan fingerprint density at radius 3 is 2.58 bits per heavy atom.